The van der Waals surface area contributed by atoms with Gasteiger partial charge in [0, 0.05) is 11.8 Å². The number of rotatable bonds is 2. The number of hydrogen-bond acceptors (Lipinski definition) is 1. The third-order valence-electron chi connectivity index (χ3n) is 3.88. The monoisotopic (exact) mass is 240 g/mol. The molecule has 0 N–H and O–H groups in total. The van der Waals surface area contributed by atoms with E-state index < -0.39 is 0 Å². The van der Waals surface area contributed by atoms with Crippen molar-refractivity contribution in [3.8, 4) is 11.3 Å². The van der Waals surface area contributed by atoms with Gasteiger partial charge in [-0.1, -0.05) is 56.0 Å². The van der Waals surface area contributed by atoms with Crippen LogP contribution in [0.15, 0.2) is 42.6 Å². The minimum atomic E-state index is 0.616. The smallest absolute Gasteiger partial charge is 0.0923 e. The van der Waals surface area contributed by atoms with Crippen molar-refractivity contribution >= 4 is 0 Å². The molecule has 2 nitrogen and oxygen atoms in total. The third-order valence-corrected chi connectivity index (χ3v) is 3.88. The van der Waals surface area contributed by atoms with Gasteiger partial charge < -0.3 is 0 Å². The first-order chi connectivity index (χ1) is 8.93. The molecule has 2 aromatic rings. The van der Waals surface area contributed by atoms with Gasteiger partial charge in [-0.2, -0.15) is 5.10 Å². The molecule has 0 spiro atoms. The van der Waals surface area contributed by atoms with Gasteiger partial charge in [0.15, 0.2) is 0 Å². The molecule has 0 atom stereocenters. The van der Waals surface area contributed by atoms with E-state index in [9.17, 15) is 0 Å². The summed E-state index contributed by atoms with van der Waals surface area (Å²) in [5, 5.41) is 4.76. The Balaban J connectivity index is 1.80. The maximum Gasteiger partial charge on any atom is 0.0923 e. The van der Waals surface area contributed by atoms with Crippen molar-refractivity contribution in [1.29, 1.82) is 0 Å². The van der Waals surface area contributed by atoms with E-state index in [1.54, 1.807) is 0 Å². The summed E-state index contributed by atoms with van der Waals surface area (Å²) in [7, 11) is 0. The Hall–Kier alpha value is -1.57. The van der Waals surface area contributed by atoms with Crippen molar-refractivity contribution in [2.75, 3.05) is 0 Å². The minimum absolute atomic E-state index is 0.616. The van der Waals surface area contributed by atoms with E-state index in [1.165, 1.54) is 44.1 Å². The van der Waals surface area contributed by atoms with Gasteiger partial charge in [0.05, 0.1) is 11.7 Å². The summed E-state index contributed by atoms with van der Waals surface area (Å²) in [4.78, 5) is 0. The predicted octanol–water partition coefficient (Wildman–Crippen LogP) is 4.45. The van der Waals surface area contributed by atoms with Gasteiger partial charge in [-0.25, -0.2) is 0 Å². The van der Waals surface area contributed by atoms with E-state index in [2.05, 4.69) is 41.2 Å². The van der Waals surface area contributed by atoms with Crippen molar-refractivity contribution in [2.24, 2.45) is 0 Å². The predicted molar refractivity (Wildman–Crippen MR) is 74.4 cm³/mol. The summed E-state index contributed by atoms with van der Waals surface area (Å²) in [6.45, 7) is 0. The first-order valence-corrected chi connectivity index (χ1v) is 7.04. The van der Waals surface area contributed by atoms with Gasteiger partial charge in [-0.15, -0.1) is 0 Å². The molecule has 0 bridgehead atoms. The molecule has 0 saturated heterocycles. The molecule has 0 amide bonds. The second kappa shape index (κ2) is 5.38. The van der Waals surface area contributed by atoms with Crippen LogP contribution in [-0.4, -0.2) is 9.78 Å². The molecule has 0 unspecified atom stereocenters. The number of benzene rings is 1. The van der Waals surface area contributed by atoms with E-state index in [4.69, 9.17) is 5.10 Å². The van der Waals surface area contributed by atoms with Gasteiger partial charge in [0.25, 0.3) is 0 Å². The zero-order chi connectivity index (χ0) is 12.2. The lowest BCUT2D eigenvalue weighted by atomic mass is 10.1. The van der Waals surface area contributed by atoms with Crippen molar-refractivity contribution < 1.29 is 0 Å². The lowest BCUT2D eigenvalue weighted by Gasteiger charge is -2.14. The molecule has 18 heavy (non-hydrogen) atoms. The molecule has 1 aliphatic carbocycles. The van der Waals surface area contributed by atoms with Crippen LogP contribution in [-0.2, 0) is 0 Å². The van der Waals surface area contributed by atoms with Gasteiger partial charge in [0.2, 0.25) is 0 Å². The molecule has 0 radical (unpaired) electrons. The van der Waals surface area contributed by atoms with Crippen LogP contribution in [0.2, 0.25) is 0 Å². The average molecular weight is 240 g/mol. The third kappa shape index (κ3) is 2.47. The fourth-order valence-corrected chi connectivity index (χ4v) is 2.83. The van der Waals surface area contributed by atoms with Crippen LogP contribution < -0.4 is 0 Å². The molecular formula is C16H20N2. The summed E-state index contributed by atoms with van der Waals surface area (Å²) in [5.74, 6) is 0. The van der Waals surface area contributed by atoms with Crippen molar-refractivity contribution in [2.45, 2.75) is 44.6 Å². The average Bonchev–Trinajstić information content (AvgIpc) is 2.76. The van der Waals surface area contributed by atoms with Crippen molar-refractivity contribution in [1.82, 2.24) is 9.78 Å². The van der Waals surface area contributed by atoms with Gasteiger partial charge >= 0.3 is 0 Å². The number of nitrogens with zero attached hydrogens (tertiary/aromatic N) is 2. The zero-order valence-corrected chi connectivity index (χ0v) is 10.8. The van der Waals surface area contributed by atoms with Crippen LogP contribution in [0.3, 0.4) is 0 Å². The van der Waals surface area contributed by atoms with Gasteiger partial charge in [0.1, 0.15) is 0 Å². The molecule has 1 aromatic carbocycles. The molecule has 2 heteroatoms. The second-order valence-electron chi connectivity index (χ2n) is 5.19. The first kappa shape index (κ1) is 11.5. The summed E-state index contributed by atoms with van der Waals surface area (Å²) >= 11 is 0. The van der Waals surface area contributed by atoms with Crippen LogP contribution in [0.1, 0.15) is 44.6 Å². The number of aromatic nitrogens is 2. The Morgan fingerprint density at radius 1 is 0.889 bits per heavy atom. The van der Waals surface area contributed by atoms with Crippen molar-refractivity contribution in [3.63, 3.8) is 0 Å². The highest BCUT2D eigenvalue weighted by molar-refractivity contribution is 5.57. The Labute approximate surface area is 109 Å². The van der Waals surface area contributed by atoms with E-state index in [0.29, 0.717) is 6.04 Å². The quantitative estimate of drug-likeness (QED) is 0.709. The Morgan fingerprint density at radius 2 is 1.61 bits per heavy atom. The molecule has 3 rings (SSSR count). The fraction of sp³-hybridized carbons (Fsp3) is 0.438. The van der Waals surface area contributed by atoms with Crippen molar-refractivity contribution in [3.05, 3.63) is 42.6 Å². The highest BCUT2D eigenvalue weighted by atomic mass is 15.3. The fourth-order valence-electron chi connectivity index (χ4n) is 2.83. The van der Waals surface area contributed by atoms with Crippen LogP contribution in [0.5, 0.6) is 0 Å². The van der Waals surface area contributed by atoms with Gasteiger partial charge in [-0.05, 0) is 18.9 Å². The Morgan fingerprint density at radius 3 is 2.33 bits per heavy atom. The summed E-state index contributed by atoms with van der Waals surface area (Å²) in [5.41, 5.74) is 2.31. The normalized spacial score (nSPS) is 17.6. The lowest BCUT2D eigenvalue weighted by Crippen LogP contribution is -2.08. The molecule has 1 fully saturated rings. The SMILES string of the molecule is c1ccc(-c2ccn(C3CCCCCC3)n2)cc1. The van der Waals surface area contributed by atoms with E-state index in [1.807, 2.05) is 6.07 Å². The van der Waals surface area contributed by atoms with E-state index >= 15 is 0 Å². The molecule has 1 aliphatic rings. The topological polar surface area (TPSA) is 17.8 Å². The maximum absolute atomic E-state index is 4.76. The van der Waals surface area contributed by atoms with Gasteiger partial charge in [-0.3, -0.25) is 4.68 Å². The molecule has 94 valence electrons. The zero-order valence-electron chi connectivity index (χ0n) is 10.8. The van der Waals surface area contributed by atoms with Crippen LogP contribution in [0.4, 0.5) is 0 Å². The van der Waals surface area contributed by atoms with E-state index in [0.717, 1.165) is 5.69 Å². The van der Waals surface area contributed by atoms with Crippen LogP contribution in [0, 0.1) is 0 Å². The lowest BCUT2D eigenvalue weighted by molar-refractivity contribution is 0.406. The second-order valence-corrected chi connectivity index (χ2v) is 5.19. The highest BCUT2D eigenvalue weighted by Crippen LogP contribution is 2.27. The van der Waals surface area contributed by atoms with E-state index in [-0.39, 0.29) is 0 Å². The number of hydrogen-bond donors (Lipinski definition) is 0. The summed E-state index contributed by atoms with van der Waals surface area (Å²) in [6, 6.07) is 13.2. The molecule has 0 aliphatic heterocycles. The molecule has 1 heterocycles. The summed E-state index contributed by atoms with van der Waals surface area (Å²) < 4.78 is 2.19. The summed E-state index contributed by atoms with van der Waals surface area (Å²) in [6.07, 6.45) is 10.2. The minimum Gasteiger partial charge on any atom is -0.269 e. The Bertz CT molecular complexity index is 479. The molecular weight excluding hydrogens is 220 g/mol. The Kier molecular flexibility index (Phi) is 3.44. The first-order valence-electron chi connectivity index (χ1n) is 7.04. The molecule has 1 saturated carbocycles. The maximum atomic E-state index is 4.76. The van der Waals surface area contributed by atoms with Crippen LogP contribution >= 0.6 is 0 Å². The largest absolute Gasteiger partial charge is 0.269 e. The molecule has 1 aromatic heterocycles. The van der Waals surface area contributed by atoms with Crippen LogP contribution in [0.25, 0.3) is 11.3 Å². The highest BCUT2D eigenvalue weighted by Gasteiger charge is 2.15. The standard InChI is InChI=1S/C16H20N2/c1-2-7-11-15(10-6-1)18-13-12-16(17-18)14-8-4-3-5-9-14/h3-5,8-9,12-13,15H,1-2,6-7,10-11H2.